The van der Waals surface area contributed by atoms with Crippen molar-refractivity contribution in [3.05, 3.63) is 0 Å². The molecule has 1 N–H and O–H groups in total. The van der Waals surface area contributed by atoms with Crippen molar-refractivity contribution in [2.45, 2.75) is 40.0 Å². The van der Waals surface area contributed by atoms with Crippen LogP contribution in [-0.4, -0.2) is 37.6 Å². The van der Waals surface area contributed by atoms with Gasteiger partial charge in [0, 0.05) is 19.6 Å². The van der Waals surface area contributed by atoms with Gasteiger partial charge in [0.05, 0.1) is 0 Å². The van der Waals surface area contributed by atoms with Gasteiger partial charge in [0.15, 0.2) is 0 Å². The zero-order valence-electron chi connectivity index (χ0n) is 11.3. The first kappa shape index (κ1) is 12.4. The van der Waals surface area contributed by atoms with Crippen LogP contribution in [0.25, 0.3) is 0 Å². The van der Waals surface area contributed by atoms with Crippen molar-refractivity contribution in [3.63, 3.8) is 0 Å². The third-order valence-corrected chi connectivity index (χ3v) is 5.04. The summed E-state index contributed by atoms with van der Waals surface area (Å²) < 4.78 is 0. The molecule has 16 heavy (non-hydrogen) atoms. The highest BCUT2D eigenvalue weighted by atomic mass is 15.2. The Morgan fingerprint density at radius 3 is 2.19 bits per heavy atom. The van der Waals surface area contributed by atoms with E-state index in [-0.39, 0.29) is 0 Å². The van der Waals surface area contributed by atoms with Crippen LogP contribution in [-0.2, 0) is 0 Å². The van der Waals surface area contributed by atoms with E-state index in [4.69, 9.17) is 0 Å². The Balaban J connectivity index is 1.91. The van der Waals surface area contributed by atoms with Crippen molar-refractivity contribution in [3.8, 4) is 0 Å². The molecule has 2 aliphatic heterocycles. The molecular formula is C14H28N2. The van der Waals surface area contributed by atoms with E-state index >= 15 is 0 Å². The maximum atomic E-state index is 3.50. The minimum Gasteiger partial charge on any atom is -0.317 e. The molecule has 0 amide bonds. The number of nitrogens with one attached hydrogen (secondary N) is 1. The number of likely N-dealkylation sites (tertiary alicyclic amines) is 1. The molecule has 2 saturated heterocycles. The highest BCUT2D eigenvalue weighted by molar-refractivity contribution is 4.89. The molecule has 94 valence electrons. The standard InChI is InChI=1S/C14H28N2/c1-4-14(5-7-15-8-6-14)11-16-9-12(2)13(3)10-16/h12-13,15H,4-11H2,1-3H3. The van der Waals surface area contributed by atoms with E-state index in [1.807, 2.05) is 0 Å². The average molecular weight is 224 g/mol. The van der Waals surface area contributed by atoms with Crippen molar-refractivity contribution in [1.82, 2.24) is 10.2 Å². The molecule has 2 aliphatic rings. The SMILES string of the molecule is CCC1(CN2CC(C)C(C)C2)CCNCC1. The molecule has 0 aromatic heterocycles. The highest BCUT2D eigenvalue weighted by Gasteiger charge is 2.35. The Morgan fingerprint density at radius 1 is 1.12 bits per heavy atom. The van der Waals surface area contributed by atoms with Crippen molar-refractivity contribution >= 4 is 0 Å². The van der Waals surface area contributed by atoms with E-state index in [9.17, 15) is 0 Å². The van der Waals surface area contributed by atoms with Crippen LogP contribution in [0.3, 0.4) is 0 Å². The number of rotatable bonds is 3. The Labute approximate surface area is 101 Å². The van der Waals surface area contributed by atoms with Crippen LogP contribution < -0.4 is 5.32 Å². The maximum Gasteiger partial charge on any atom is 0.00391 e. The summed E-state index contributed by atoms with van der Waals surface area (Å²) in [5.74, 6) is 1.80. The second kappa shape index (κ2) is 5.05. The third-order valence-electron chi connectivity index (χ3n) is 5.04. The Kier molecular flexibility index (Phi) is 3.91. The van der Waals surface area contributed by atoms with Crippen molar-refractivity contribution in [2.75, 3.05) is 32.7 Å². The van der Waals surface area contributed by atoms with Gasteiger partial charge in [0.1, 0.15) is 0 Å². The van der Waals surface area contributed by atoms with E-state index in [2.05, 4.69) is 31.0 Å². The lowest BCUT2D eigenvalue weighted by molar-refractivity contribution is 0.119. The van der Waals surface area contributed by atoms with E-state index in [1.165, 1.54) is 52.0 Å². The fourth-order valence-electron chi connectivity index (χ4n) is 3.43. The molecule has 2 heterocycles. The molecule has 0 saturated carbocycles. The van der Waals surface area contributed by atoms with Gasteiger partial charge in [-0.25, -0.2) is 0 Å². The van der Waals surface area contributed by atoms with Crippen LogP contribution in [0.5, 0.6) is 0 Å². The molecule has 2 heteroatoms. The second-order valence-corrected chi connectivity index (χ2v) is 6.25. The molecule has 2 fully saturated rings. The van der Waals surface area contributed by atoms with Gasteiger partial charge in [0.2, 0.25) is 0 Å². The van der Waals surface area contributed by atoms with Gasteiger partial charge in [0.25, 0.3) is 0 Å². The number of nitrogens with zero attached hydrogens (tertiary/aromatic N) is 1. The summed E-state index contributed by atoms with van der Waals surface area (Å²) >= 11 is 0. The number of hydrogen-bond acceptors (Lipinski definition) is 2. The normalized spacial score (nSPS) is 35.4. The monoisotopic (exact) mass is 224 g/mol. The fraction of sp³-hybridized carbons (Fsp3) is 1.00. The lowest BCUT2D eigenvalue weighted by Crippen LogP contribution is -2.44. The first-order chi connectivity index (χ1) is 7.65. The number of piperidine rings is 1. The van der Waals surface area contributed by atoms with Gasteiger partial charge < -0.3 is 10.2 Å². The van der Waals surface area contributed by atoms with Crippen LogP contribution in [0.4, 0.5) is 0 Å². The summed E-state index contributed by atoms with van der Waals surface area (Å²) in [7, 11) is 0. The largest absolute Gasteiger partial charge is 0.317 e. The summed E-state index contributed by atoms with van der Waals surface area (Å²) in [6.45, 7) is 13.7. The molecule has 2 nitrogen and oxygen atoms in total. The first-order valence-corrected chi connectivity index (χ1v) is 7.08. The minimum atomic E-state index is 0.620. The Morgan fingerprint density at radius 2 is 1.69 bits per heavy atom. The molecule has 0 aliphatic carbocycles. The van der Waals surface area contributed by atoms with Crippen LogP contribution in [0.2, 0.25) is 0 Å². The van der Waals surface area contributed by atoms with Crippen LogP contribution in [0, 0.1) is 17.3 Å². The number of hydrogen-bond donors (Lipinski definition) is 1. The minimum absolute atomic E-state index is 0.620. The van der Waals surface area contributed by atoms with Crippen LogP contribution >= 0.6 is 0 Å². The molecule has 0 radical (unpaired) electrons. The summed E-state index contributed by atoms with van der Waals surface area (Å²) in [6, 6.07) is 0. The third kappa shape index (κ3) is 2.60. The molecular weight excluding hydrogens is 196 g/mol. The average Bonchev–Trinajstić information content (AvgIpc) is 2.59. The van der Waals surface area contributed by atoms with Gasteiger partial charge in [-0.1, -0.05) is 20.8 Å². The lowest BCUT2D eigenvalue weighted by Gasteiger charge is -2.40. The van der Waals surface area contributed by atoms with E-state index < -0.39 is 0 Å². The smallest absolute Gasteiger partial charge is 0.00391 e. The summed E-state index contributed by atoms with van der Waals surface area (Å²) in [6.07, 6.45) is 4.11. The topological polar surface area (TPSA) is 15.3 Å². The summed E-state index contributed by atoms with van der Waals surface area (Å²) in [5, 5.41) is 3.50. The lowest BCUT2D eigenvalue weighted by atomic mass is 9.76. The molecule has 2 unspecified atom stereocenters. The predicted octanol–water partition coefficient (Wildman–Crippen LogP) is 2.35. The predicted molar refractivity (Wildman–Crippen MR) is 69.6 cm³/mol. The van der Waals surface area contributed by atoms with Gasteiger partial charge in [-0.2, -0.15) is 0 Å². The van der Waals surface area contributed by atoms with Crippen LogP contribution in [0.1, 0.15) is 40.0 Å². The summed E-state index contributed by atoms with van der Waals surface area (Å²) in [4.78, 5) is 2.73. The zero-order chi connectivity index (χ0) is 11.6. The Bertz CT molecular complexity index is 211. The fourth-order valence-corrected chi connectivity index (χ4v) is 3.43. The first-order valence-electron chi connectivity index (χ1n) is 7.08. The molecule has 0 spiro atoms. The molecule has 0 aromatic rings. The highest BCUT2D eigenvalue weighted by Crippen LogP contribution is 2.35. The van der Waals surface area contributed by atoms with Gasteiger partial charge >= 0.3 is 0 Å². The summed E-state index contributed by atoms with van der Waals surface area (Å²) in [5.41, 5.74) is 0.620. The van der Waals surface area contributed by atoms with Gasteiger partial charge in [-0.3, -0.25) is 0 Å². The van der Waals surface area contributed by atoms with E-state index in [1.54, 1.807) is 0 Å². The maximum absolute atomic E-state index is 3.50. The van der Waals surface area contributed by atoms with Gasteiger partial charge in [-0.15, -0.1) is 0 Å². The second-order valence-electron chi connectivity index (χ2n) is 6.25. The zero-order valence-corrected chi connectivity index (χ0v) is 11.3. The molecule has 0 bridgehead atoms. The van der Waals surface area contributed by atoms with Crippen molar-refractivity contribution < 1.29 is 0 Å². The van der Waals surface area contributed by atoms with Gasteiger partial charge in [-0.05, 0) is 49.6 Å². The quantitative estimate of drug-likeness (QED) is 0.791. The molecule has 0 aromatic carbocycles. The van der Waals surface area contributed by atoms with Crippen LogP contribution in [0.15, 0.2) is 0 Å². The Hall–Kier alpha value is -0.0800. The van der Waals surface area contributed by atoms with Crippen molar-refractivity contribution in [2.24, 2.45) is 17.3 Å². The molecule has 2 rings (SSSR count). The van der Waals surface area contributed by atoms with Crippen molar-refractivity contribution in [1.29, 1.82) is 0 Å². The van der Waals surface area contributed by atoms with E-state index in [0.717, 1.165) is 11.8 Å². The molecule has 2 atom stereocenters. The van der Waals surface area contributed by atoms with E-state index in [0.29, 0.717) is 5.41 Å².